The number of pyridine rings is 1. The Labute approximate surface area is 118 Å². The number of benzene rings is 1. The largest absolute Gasteiger partial charge is 0.345 e. The minimum absolute atomic E-state index is 0.0589. The Kier molecular flexibility index (Phi) is 4.32. The van der Waals surface area contributed by atoms with Crippen LogP contribution >= 0.6 is 0 Å². The molecule has 0 aliphatic carbocycles. The van der Waals surface area contributed by atoms with Crippen LogP contribution in [0.25, 0.3) is 0 Å². The number of nitrogens with zero attached hydrogens (tertiary/aromatic N) is 2. The molecule has 1 heterocycles. The predicted octanol–water partition coefficient (Wildman–Crippen LogP) is 1.99. The van der Waals surface area contributed by atoms with E-state index in [1.165, 1.54) is 4.90 Å². The maximum Gasteiger partial charge on any atom is 0.254 e. The molecule has 1 amide bonds. The highest BCUT2D eigenvalue weighted by Gasteiger charge is 2.07. The van der Waals surface area contributed by atoms with Gasteiger partial charge in [0.25, 0.3) is 5.91 Å². The van der Waals surface area contributed by atoms with E-state index in [1.807, 2.05) is 24.3 Å². The molecule has 0 saturated carbocycles. The average molecular weight is 270 g/mol. The third-order valence-electron chi connectivity index (χ3n) is 2.88. The molecule has 1 aromatic heterocycles. The van der Waals surface area contributed by atoms with Crippen molar-refractivity contribution in [2.24, 2.45) is 5.73 Å². The van der Waals surface area contributed by atoms with Gasteiger partial charge in [-0.15, -0.1) is 0 Å². The molecule has 0 bridgehead atoms. The van der Waals surface area contributed by atoms with Crippen LogP contribution in [0.3, 0.4) is 0 Å². The lowest BCUT2D eigenvalue weighted by Gasteiger charge is -2.11. The summed E-state index contributed by atoms with van der Waals surface area (Å²) in [6, 6.07) is 11.4. The lowest BCUT2D eigenvalue weighted by Crippen LogP contribution is -2.21. The van der Waals surface area contributed by atoms with Crippen LogP contribution in [-0.4, -0.2) is 29.9 Å². The zero-order chi connectivity index (χ0) is 14.5. The first kappa shape index (κ1) is 14.0. The molecule has 0 aliphatic rings. The van der Waals surface area contributed by atoms with E-state index in [9.17, 15) is 4.79 Å². The molecule has 3 N–H and O–H groups in total. The number of aromatic nitrogens is 1. The fourth-order valence-corrected chi connectivity index (χ4v) is 1.72. The molecule has 1 aromatic carbocycles. The lowest BCUT2D eigenvalue weighted by atomic mass is 10.2. The topological polar surface area (TPSA) is 71.2 Å². The smallest absolute Gasteiger partial charge is 0.254 e. The third-order valence-corrected chi connectivity index (χ3v) is 2.88. The number of carbonyl (C=O) groups is 1. The second-order valence-electron chi connectivity index (χ2n) is 4.66. The van der Waals surface area contributed by atoms with E-state index in [4.69, 9.17) is 5.73 Å². The summed E-state index contributed by atoms with van der Waals surface area (Å²) >= 11 is 0. The summed E-state index contributed by atoms with van der Waals surface area (Å²) in [5, 5.41) is 3.17. The number of amides is 1. The van der Waals surface area contributed by atoms with Crippen molar-refractivity contribution in [1.82, 2.24) is 9.88 Å². The maximum absolute atomic E-state index is 11.7. The van der Waals surface area contributed by atoms with Gasteiger partial charge in [0, 0.05) is 32.5 Å². The number of nitrogens with two attached hydrogens (primary N) is 1. The van der Waals surface area contributed by atoms with Crippen molar-refractivity contribution in [3.05, 3.63) is 53.7 Å². The van der Waals surface area contributed by atoms with Gasteiger partial charge in [0.15, 0.2) is 0 Å². The van der Waals surface area contributed by atoms with E-state index < -0.39 is 0 Å². The molecule has 0 fully saturated rings. The SMILES string of the molecule is CN(C)C(=O)c1ccc(Nc2ccc(CN)cc2)nc1. The number of anilines is 2. The van der Waals surface area contributed by atoms with Gasteiger partial charge in [-0.1, -0.05) is 12.1 Å². The second-order valence-corrected chi connectivity index (χ2v) is 4.66. The van der Waals surface area contributed by atoms with Crippen LogP contribution in [0.15, 0.2) is 42.6 Å². The Balaban J connectivity index is 2.08. The molecule has 0 radical (unpaired) electrons. The van der Waals surface area contributed by atoms with E-state index in [2.05, 4.69) is 10.3 Å². The Morgan fingerprint density at radius 3 is 2.40 bits per heavy atom. The third kappa shape index (κ3) is 3.33. The number of carbonyl (C=O) groups excluding carboxylic acids is 1. The van der Waals surface area contributed by atoms with Crippen molar-refractivity contribution in [2.45, 2.75) is 6.54 Å². The standard InChI is InChI=1S/C15H18N4O/c1-19(2)15(20)12-5-8-14(17-10-12)18-13-6-3-11(9-16)4-7-13/h3-8,10H,9,16H2,1-2H3,(H,17,18). The monoisotopic (exact) mass is 270 g/mol. The molecule has 5 nitrogen and oxygen atoms in total. The van der Waals surface area contributed by atoms with Crippen molar-refractivity contribution < 1.29 is 4.79 Å². The van der Waals surface area contributed by atoms with Crippen LogP contribution in [0.1, 0.15) is 15.9 Å². The van der Waals surface area contributed by atoms with Crippen LogP contribution in [-0.2, 0) is 6.54 Å². The molecule has 2 rings (SSSR count). The Morgan fingerprint density at radius 1 is 1.20 bits per heavy atom. The first-order valence-corrected chi connectivity index (χ1v) is 6.34. The van der Waals surface area contributed by atoms with Crippen molar-refractivity contribution in [1.29, 1.82) is 0 Å². The molecular weight excluding hydrogens is 252 g/mol. The summed E-state index contributed by atoms with van der Waals surface area (Å²) < 4.78 is 0. The minimum atomic E-state index is -0.0589. The summed E-state index contributed by atoms with van der Waals surface area (Å²) in [4.78, 5) is 17.5. The summed E-state index contributed by atoms with van der Waals surface area (Å²) in [7, 11) is 3.43. The number of nitrogens with one attached hydrogen (secondary N) is 1. The van der Waals surface area contributed by atoms with Crippen molar-refractivity contribution >= 4 is 17.4 Å². The van der Waals surface area contributed by atoms with E-state index in [0.717, 1.165) is 11.3 Å². The molecule has 2 aromatic rings. The van der Waals surface area contributed by atoms with Crippen LogP contribution in [0.5, 0.6) is 0 Å². The number of hydrogen-bond acceptors (Lipinski definition) is 4. The summed E-state index contributed by atoms with van der Waals surface area (Å²) in [6.07, 6.45) is 1.57. The van der Waals surface area contributed by atoms with Gasteiger partial charge in [-0.2, -0.15) is 0 Å². The zero-order valence-corrected chi connectivity index (χ0v) is 11.6. The van der Waals surface area contributed by atoms with Crippen molar-refractivity contribution in [3.8, 4) is 0 Å². The van der Waals surface area contributed by atoms with Crippen molar-refractivity contribution in [3.63, 3.8) is 0 Å². The lowest BCUT2D eigenvalue weighted by molar-refractivity contribution is 0.0827. The normalized spacial score (nSPS) is 10.2. The highest BCUT2D eigenvalue weighted by molar-refractivity contribution is 5.93. The van der Waals surface area contributed by atoms with Gasteiger partial charge in [0.2, 0.25) is 0 Å². The van der Waals surface area contributed by atoms with Crippen molar-refractivity contribution in [2.75, 3.05) is 19.4 Å². The van der Waals surface area contributed by atoms with Gasteiger partial charge >= 0.3 is 0 Å². The molecule has 20 heavy (non-hydrogen) atoms. The molecular formula is C15H18N4O. The summed E-state index contributed by atoms with van der Waals surface area (Å²) in [6.45, 7) is 0.528. The summed E-state index contributed by atoms with van der Waals surface area (Å²) in [5.41, 5.74) is 8.13. The molecule has 0 spiro atoms. The van der Waals surface area contributed by atoms with E-state index in [-0.39, 0.29) is 5.91 Å². The van der Waals surface area contributed by atoms with Gasteiger partial charge in [0.05, 0.1) is 5.56 Å². The van der Waals surface area contributed by atoms with Gasteiger partial charge in [-0.25, -0.2) is 4.98 Å². The Bertz CT molecular complexity index is 576. The van der Waals surface area contributed by atoms with E-state index >= 15 is 0 Å². The van der Waals surface area contributed by atoms with E-state index in [0.29, 0.717) is 17.9 Å². The zero-order valence-electron chi connectivity index (χ0n) is 11.6. The molecule has 0 aliphatic heterocycles. The summed E-state index contributed by atoms with van der Waals surface area (Å²) in [5.74, 6) is 0.636. The number of hydrogen-bond donors (Lipinski definition) is 2. The Hall–Kier alpha value is -2.40. The fourth-order valence-electron chi connectivity index (χ4n) is 1.72. The van der Waals surface area contributed by atoms with E-state index in [1.54, 1.807) is 32.4 Å². The van der Waals surface area contributed by atoms with Crippen LogP contribution in [0, 0.1) is 0 Å². The van der Waals surface area contributed by atoms with Crippen LogP contribution in [0.2, 0.25) is 0 Å². The molecule has 0 saturated heterocycles. The van der Waals surface area contributed by atoms with Gasteiger partial charge in [0.1, 0.15) is 5.82 Å². The first-order chi connectivity index (χ1) is 9.60. The molecule has 0 atom stereocenters. The molecule has 104 valence electrons. The predicted molar refractivity (Wildman–Crippen MR) is 79.9 cm³/mol. The Morgan fingerprint density at radius 2 is 1.90 bits per heavy atom. The molecule has 5 heteroatoms. The fraction of sp³-hybridized carbons (Fsp3) is 0.200. The number of rotatable bonds is 4. The van der Waals surface area contributed by atoms with Gasteiger partial charge < -0.3 is 16.0 Å². The van der Waals surface area contributed by atoms with Crippen LogP contribution in [0.4, 0.5) is 11.5 Å². The first-order valence-electron chi connectivity index (χ1n) is 6.34. The average Bonchev–Trinajstić information content (AvgIpc) is 2.48. The molecule has 0 unspecified atom stereocenters. The quantitative estimate of drug-likeness (QED) is 0.891. The van der Waals surface area contributed by atoms with Gasteiger partial charge in [-0.3, -0.25) is 4.79 Å². The minimum Gasteiger partial charge on any atom is -0.345 e. The maximum atomic E-state index is 11.7. The highest BCUT2D eigenvalue weighted by Crippen LogP contribution is 2.15. The van der Waals surface area contributed by atoms with Crippen LogP contribution < -0.4 is 11.1 Å². The highest BCUT2D eigenvalue weighted by atomic mass is 16.2. The van der Waals surface area contributed by atoms with Gasteiger partial charge in [-0.05, 0) is 29.8 Å². The second kappa shape index (κ2) is 6.16.